The van der Waals surface area contributed by atoms with Crippen LogP contribution in [-0.4, -0.2) is 75.1 Å². The first kappa shape index (κ1) is 30.1. The lowest BCUT2D eigenvalue weighted by molar-refractivity contribution is -0.0964. The molecule has 0 radical (unpaired) electrons. The van der Waals surface area contributed by atoms with E-state index in [-0.39, 0.29) is 17.4 Å². The standard InChI is InChI=1S/C30H33ClF2N6O5/c31-30(32,33)44-22-7-5-21(6-8-22)36-27(40)20-16-23(24-9-12-35-39(24)25-4-2-1-3-15-43-25)26(34-17-20)38-18-29(19-38)10-13-37(14-11-29)28(41)42/h5-9,12,16-17,25H,1-4,10-11,13-15,18-19H2,(H,36,40)(H,41,42). The third-order valence-corrected chi connectivity index (χ3v) is 8.62. The van der Waals surface area contributed by atoms with E-state index >= 15 is 0 Å². The van der Waals surface area contributed by atoms with E-state index in [9.17, 15) is 23.5 Å². The first-order valence-electron chi connectivity index (χ1n) is 14.6. The Kier molecular flexibility index (Phi) is 8.34. The van der Waals surface area contributed by atoms with Crippen molar-refractivity contribution in [2.24, 2.45) is 5.41 Å². The lowest BCUT2D eigenvalue weighted by Crippen LogP contribution is -2.61. The Bertz CT molecular complexity index is 1490. The smallest absolute Gasteiger partial charge is 0.465 e. The zero-order valence-corrected chi connectivity index (χ0v) is 24.7. The molecule has 1 spiro atoms. The summed E-state index contributed by atoms with van der Waals surface area (Å²) in [5.74, 6) is 0.137. The molecule has 44 heavy (non-hydrogen) atoms. The van der Waals surface area contributed by atoms with Gasteiger partial charge >= 0.3 is 11.7 Å². The molecule has 1 unspecified atom stereocenters. The number of piperidine rings is 1. The highest BCUT2D eigenvalue weighted by atomic mass is 35.5. The number of ether oxygens (including phenoxy) is 2. The maximum Gasteiger partial charge on any atom is 0.487 e. The highest BCUT2D eigenvalue weighted by Crippen LogP contribution is 2.45. The first-order chi connectivity index (χ1) is 21.1. The minimum absolute atomic E-state index is 0.0227. The predicted octanol–water partition coefficient (Wildman–Crippen LogP) is 6.03. The molecule has 0 aliphatic carbocycles. The van der Waals surface area contributed by atoms with Gasteiger partial charge in [-0.25, -0.2) is 14.5 Å². The number of carbonyl (C=O) groups is 2. The molecule has 14 heteroatoms. The summed E-state index contributed by atoms with van der Waals surface area (Å²) in [4.78, 5) is 33.1. The maximum absolute atomic E-state index is 13.3. The molecule has 0 saturated carbocycles. The van der Waals surface area contributed by atoms with Gasteiger partial charge in [0.05, 0.1) is 11.3 Å². The highest BCUT2D eigenvalue weighted by molar-refractivity contribution is 6.20. The van der Waals surface area contributed by atoms with Crippen molar-refractivity contribution in [1.29, 1.82) is 0 Å². The largest absolute Gasteiger partial charge is 0.487 e. The normalized spacial score (nSPS) is 20.1. The molecular formula is C30H33ClF2N6O5. The number of anilines is 2. The molecule has 234 valence electrons. The van der Waals surface area contributed by atoms with Crippen molar-refractivity contribution in [3.63, 3.8) is 0 Å². The number of rotatable bonds is 7. The molecule has 3 aromatic rings. The van der Waals surface area contributed by atoms with E-state index in [1.54, 1.807) is 12.3 Å². The number of aromatic nitrogens is 3. The number of hydrogen-bond acceptors (Lipinski definition) is 7. The van der Waals surface area contributed by atoms with Crippen molar-refractivity contribution in [1.82, 2.24) is 19.7 Å². The van der Waals surface area contributed by atoms with Crippen molar-refractivity contribution in [3.8, 4) is 17.0 Å². The molecule has 6 rings (SSSR count). The van der Waals surface area contributed by atoms with Crippen molar-refractivity contribution in [3.05, 3.63) is 54.4 Å². The van der Waals surface area contributed by atoms with Crippen molar-refractivity contribution in [2.75, 3.05) is 43.0 Å². The van der Waals surface area contributed by atoms with E-state index in [1.807, 2.05) is 10.7 Å². The summed E-state index contributed by atoms with van der Waals surface area (Å²) in [5, 5.41) is 16.7. The zero-order valence-electron chi connectivity index (χ0n) is 23.9. The molecule has 3 fully saturated rings. The summed E-state index contributed by atoms with van der Waals surface area (Å²) >= 11 is 4.83. The van der Waals surface area contributed by atoms with Crippen LogP contribution in [0.3, 0.4) is 0 Å². The molecule has 1 aromatic carbocycles. The number of hydrogen-bond donors (Lipinski definition) is 2. The van der Waals surface area contributed by atoms with Gasteiger partial charge in [-0.3, -0.25) is 4.79 Å². The van der Waals surface area contributed by atoms with Gasteiger partial charge in [-0.1, -0.05) is 6.42 Å². The number of nitrogens with one attached hydrogen (secondary N) is 1. The van der Waals surface area contributed by atoms with Gasteiger partial charge in [-0.2, -0.15) is 5.10 Å². The van der Waals surface area contributed by atoms with Crippen LogP contribution < -0.4 is 15.0 Å². The molecule has 1 atom stereocenters. The van der Waals surface area contributed by atoms with Gasteiger partial charge in [0.2, 0.25) is 0 Å². The van der Waals surface area contributed by atoms with Gasteiger partial charge in [-0.05, 0) is 68.5 Å². The van der Waals surface area contributed by atoms with Gasteiger partial charge in [-0.15, -0.1) is 8.78 Å². The van der Waals surface area contributed by atoms with Crippen LogP contribution in [0, 0.1) is 5.41 Å². The number of likely N-dealkylation sites (tertiary alicyclic amines) is 1. The van der Waals surface area contributed by atoms with E-state index in [0.29, 0.717) is 36.8 Å². The molecule has 5 heterocycles. The number of alkyl halides is 3. The Morgan fingerprint density at radius 2 is 1.86 bits per heavy atom. The van der Waals surface area contributed by atoms with Crippen LogP contribution in [0.1, 0.15) is 55.1 Å². The number of carboxylic acid groups (broad SMARTS) is 1. The second kappa shape index (κ2) is 12.2. The Morgan fingerprint density at radius 1 is 1.11 bits per heavy atom. The van der Waals surface area contributed by atoms with Gasteiger partial charge in [0.15, 0.2) is 6.23 Å². The number of benzene rings is 1. The van der Waals surface area contributed by atoms with E-state index < -0.39 is 17.6 Å². The van der Waals surface area contributed by atoms with E-state index in [2.05, 4.69) is 20.1 Å². The van der Waals surface area contributed by atoms with Gasteiger partial charge < -0.3 is 29.7 Å². The predicted molar refractivity (Wildman–Crippen MR) is 158 cm³/mol. The average molecular weight is 631 g/mol. The second-order valence-electron chi connectivity index (χ2n) is 11.6. The van der Waals surface area contributed by atoms with Gasteiger partial charge in [0.25, 0.3) is 5.91 Å². The molecule has 3 aliphatic heterocycles. The summed E-state index contributed by atoms with van der Waals surface area (Å²) in [6, 6.07) is 9.11. The summed E-state index contributed by atoms with van der Waals surface area (Å²) in [7, 11) is 0. The fourth-order valence-corrected chi connectivity index (χ4v) is 6.31. The van der Waals surface area contributed by atoms with Crippen LogP contribution in [0.15, 0.2) is 48.8 Å². The number of pyridine rings is 1. The Balaban J connectivity index is 1.26. The number of amides is 2. The fraction of sp³-hybridized carbons (Fsp3) is 0.467. The minimum Gasteiger partial charge on any atom is -0.465 e. The van der Waals surface area contributed by atoms with Crippen molar-refractivity contribution < 1.29 is 33.0 Å². The average Bonchev–Trinajstić information content (AvgIpc) is 3.30. The molecule has 3 aliphatic rings. The Morgan fingerprint density at radius 3 is 2.57 bits per heavy atom. The monoisotopic (exact) mass is 630 g/mol. The quantitative estimate of drug-likeness (QED) is 0.303. The van der Waals surface area contributed by atoms with E-state index in [1.165, 1.54) is 35.4 Å². The van der Waals surface area contributed by atoms with Crippen LogP contribution in [-0.2, 0) is 4.74 Å². The van der Waals surface area contributed by atoms with Crippen LogP contribution in [0.5, 0.6) is 5.75 Å². The first-order valence-corrected chi connectivity index (χ1v) is 15.0. The summed E-state index contributed by atoms with van der Waals surface area (Å²) < 4.78 is 38.2. The van der Waals surface area contributed by atoms with E-state index in [0.717, 1.165) is 62.9 Å². The number of halogens is 3. The van der Waals surface area contributed by atoms with Gasteiger partial charge in [0.1, 0.15) is 11.6 Å². The lowest BCUT2D eigenvalue weighted by atomic mass is 9.72. The summed E-state index contributed by atoms with van der Waals surface area (Å²) in [6.45, 7) is 3.13. The zero-order chi connectivity index (χ0) is 30.9. The molecule has 2 aromatic heterocycles. The van der Waals surface area contributed by atoms with Crippen molar-refractivity contribution >= 4 is 35.1 Å². The molecule has 2 amide bonds. The molecule has 3 saturated heterocycles. The van der Waals surface area contributed by atoms with Crippen LogP contribution in [0.2, 0.25) is 0 Å². The number of carbonyl (C=O) groups excluding carboxylic acids is 1. The maximum atomic E-state index is 13.3. The molecule has 11 nitrogen and oxygen atoms in total. The van der Waals surface area contributed by atoms with Crippen molar-refractivity contribution in [2.45, 2.75) is 50.3 Å². The second-order valence-corrected chi connectivity index (χ2v) is 12.0. The topological polar surface area (TPSA) is 122 Å². The molecular weight excluding hydrogens is 598 g/mol. The van der Waals surface area contributed by atoms with Gasteiger partial charge in [0, 0.05) is 73.4 Å². The fourth-order valence-electron chi connectivity index (χ4n) is 6.22. The van der Waals surface area contributed by atoms with E-state index in [4.69, 9.17) is 21.3 Å². The van der Waals surface area contributed by atoms with Crippen LogP contribution >= 0.6 is 11.6 Å². The van der Waals surface area contributed by atoms with Crippen LogP contribution in [0.4, 0.5) is 25.1 Å². The Labute approximate surface area is 257 Å². The third-order valence-electron chi connectivity index (χ3n) is 8.55. The number of nitrogens with zero attached hydrogens (tertiary/aromatic N) is 5. The van der Waals surface area contributed by atoms with Crippen LogP contribution in [0.25, 0.3) is 11.3 Å². The minimum atomic E-state index is -3.84. The highest BCUT2D eigenvalue weighted by Gasteiger charge is 2.46. The Hall–Kier alpha value is -3.97. The SMILES string of the molecule is O=C(Nc1ccc(OC(F)(F)Cl)cc1)c1cnc(N2CC3(CCN(C(=O)O)CC3)C2)c(-c2ccnn2C2CCCCCO2)c1. The lowest BCUT2D eigenvalue weighted by Gasteiger charge is -2.54. The molecule has 2 N–H and O–H groups in total. The summed E-state index contributed by atoms with van der Waals surface area (Å²) in [5.41, 5.74) is -1.63. The summed E-state index contributed by atoms with van der Waals surface area (Å²) in [6.07, 6.45) is 7.59. The third kappa shape index (κ3) is 6.58. The molecule has 0 bridgehead atoms.